The number of hydrogen-bond acceptors (Lipinski definition) is 12. The van der Waals surface area contributed by atoms with E-state index in [2.05, 4.69) is 10.2 Å². The zero-order chi connectivity index (χ0) is 31.0. The molecule has 0 fully saturated rings. The molecule has 0 radical (unpaired) electrons. The molecule has 4 aromatic rings. The van der Waals surface area contributed by atoms with E-state index >= 15 is 0 Å². The number of nitrogens with zero attached hydrogens (tertiary/aromatic N) is 2. The maximum atomic E-state index is 12.2. The van der Waals surface area contributed by atoms with Crippen LogP contribution in [0.4, 0.5) is 11.4 Å². The number of benzene rings is 4. The monoisotopic (exact) mass is 612 g/mol. The summed E-state index contributed by atoms with van der Waals surface area (Å²) in [6.07, 6.45) is 2.23. The molecule has 0 aliphatic rings. The molecule has 16 heteroatoms. The van der Waals surface area contributed by atoms with Gasteiger partial charge in [0.2, 0.25) is 0 Å². The minimum absolute atomic E-state index is 0.0383. The molecule has 4 aromatic carbocycles. The number of phenolic OH excluding ortho intramolecular Hbond substituents is 4. The summed E-state index contributed by atoms with van der Waals surface area (Å²) in [5.41, 5.74) is 13.6. The summed E-state index contributed by atoms with van der Waals surface area (Å²) < 4.78 is 68.8. The van der Waals surface area contributed by atoms with Crippen molar-refractivity contribution in [1.29, 1.82) is 11.1 Å². The minimum atomic E-state index is -4.93. The Balaban J connectivity index is 1.88. The van der Waals surface area contributed by atoms with Crippen molar-refractivity contribution in [3.8, 4) is 45.3 Å². The molecule has 0 atom stereocenters. The van der Waals surface area contributed by atoms with Gasteiger partial charge in [-0.1, -0.05) is 36.4 Å². The van der Waals surface area contributed by atoms with Crippen molar-refractivity contribution >= 4 is 43.8 Å². The van der Waals surface area contributed by atoms with Crippen LogP contribution in [-0.4, -0.2) is 46.4 Å². The summed E-state index contributed by atoms with van der Waals surface area (Å²) in [6.45, 7) is 0. The van der Waals surface area contributed by atoms with Gasteiger partial charge in [0, 0.05) is 0 Å². The number of nitrogens with one attached hydrogen (secondary N) is 2. The molecule has 0 saturated carbocycles. The van der Waals surface area contributed by atoms with E-state index in [9.17, 15) is 46.4 Å². The highest BCUT2D eigenvalue weighted by Crippen LogP contribution is 2.45. The van der Waals surface area contributed by atoms with Gasteiger partial charge in [-0.2, -0.15) is 27.1 Å². The lowest BCUT2D eigenvalue weighted by atomic mass is 9.99. The summed E-state index contributed by atoms with van der Waals surface area (Å²) in [5, 5.41) is 46.9. The van der Waals surface area contributed by atoms with Crippen molar-refractivity contribution in [2.45, 2.75) is 9.79 Å². The van der Waals surface area contributed by atoms with Crippen LogP contribution in [0.2, 0.25) is 0 Å². The van der Waals surface area contributed by atoms with E-state index in [4.69, 9.17) is 11.1 Å². The van der Waals surface area contributed by atoms with E-state index in [1.807, 2.05) is 0 Å². The van der Waals surface area contributed by atoms with Gasteiger partial charge in [0.15, 0.2) is 23.0 Å². The van der Waals surface area contributed by atoms with Crippen molar-refractivity contribution in [3.05, 3.63) is 71.8 Å². The smallest absolute Gasteiger partial charge is 0.295 e. The van der Waals surface area contributed by atoms with Crippen molar-refractivity contribution in [3.63, 3.8) is 0 Å². The van der Waals surface area contributed by atoms with Crippen LogP contribution < -0.4 is 0 Å². The molecule has 8 N–H and O–H groups in total. The second-order valence-electron chi connectivity index (χ2n) is 8.67. The lowest BCUT2D eigenvalue weighted by molar-refractivity contribution is 0.405. The van der Waals surface area contributed by atoms with Gasteiger partial charge in [0.25, 0.3) is 20.2 Å². The first kappa shape index (κ1) is 29.8. The van der Waals surface area contributed by atoms with E-state index in [1.54, 1.807) is 0 Å². The molecule has 0 saturated heterocycles. The highest BCUT2D eigenvalue weighted by Gasteiger charge is 2.22. The van der Waals surface area contributed by atoms with Gasteiger partial charge in [-0.05, 0) is 58.7 Å². The summed E-state index contributed by atoms with van der Waals surface area (Å²) in [4.78, 5) is -1.38. The van der Waals surface area contributed by atoms with Crippen LogP contribution >= 0.6 is 0 Å². The van der Waals surface area contributed by atoms with Crippen LogP contribution in [0.25, 0.3) is 34.4 Å². The molecule has 0 spiro atoms. The predicted octanol–water partition coefficient (Wildman–Crippen LogP) is 5.83. The van der Waals surface area contributed by atoms with Crippen LogP contribution in [0.1, 0.15) is 11.1 Å². The second kappa shape index (κ2) is 11.0. The van der Waals surface area contributed by atoms with Gasteiger partial charge in [-0.15, -0.1) is 0 Å². The molecule has 14 nitrogen and oxygen atoms in total. The van der Waals surface area contributed by atoms with Crippen molar-refractivity contribution < 1.29 is 46.4 Å². The van der Waals surface area contributed by atoms with E-state index < -0.39 is 53.0 Å². The maximum absolute atomic E-state index is 12.2. The van der Waals surface area contributed by atoms with E-state index in [0.29, 0.717) is 0 Å². The summed E-state index contributed by atoms with van der Waals surface area (Å²) in [7, 11) is -9.86. The zero-order valence-electron chi connectivity index (χ0n) is 21.0. The highest BCUT2D eigenvalue weighted by atomic mass is 32.2. The zero-order valence-corrected chi connectivity index (χ0v) is 22.6. The van der Waals surface area contributed by atoms with Crippen LogP contribution in [0.5, 0.6) is 23.0 Å². The first-order valence-corrected chi connectivity index (χ1v) is 14.3. The Morgan fingerprint density at radius 1 is 0.571 bits per heavy atom. The maximum Gasteiger partial charge on any atom is 0.295 e. The van der Waals surface area contributed by atoms with Crippen molar-refractivity contribution in [2.24, 2.45) is 10.2 Å². The topological polar surface area (TPSA) is 262 Å². The lowest BCUT2D eigenvalue weighted by Gasteiger charge is -2.12. The van der Waals surface area contributed by atoms with Crippen molar-refractivity contribution in [1.82, 2.24) is 0 Å². The Bertz CT molecular complexity index is 1880. The van der Waals surface area contributed by atoms with Crippen LogP contribution in [0, 0.1) is 11.1 Å². The summed E-state index contributed by atoms with van der Waals surface area (Å²) >= 11 is 0. The van der Waals surface area contributed by atoms with Gasteiger partial charge in [0.05, 0.1) is 22.5 Å². The van der Waals surface area contributed by atoms with Crippen molar-refractivity contribution in [2.75, 3.05) is 0 Å². The van der Waals surface area contributed by atoms with Crippen LogP contribution in [0.3, 0.4) is 0 Å². The van der Waals surface area contributed by atoms with E-state index in [-0.39, 0.29) is 44.8 Å². The fraction of sp³-hybridized carbons (Fsp3) is 0. The molecule has 0 heterocycles. The van der Waals surface area contributed by atoms with Gasteiger partial charge in [0.1, 0.15) is 9.79 Å². The first-order chi connectivity index (χ1) is 19.7. The molecule has 216 valence electrons. The number of hydrogen-bond donors (Lipinski definition) is 8. The molecule has 0 aliphatic carbocycles. The number of aromatic hydroxyl groups is 4. The second-order valence-corrected chi connectivity index (χ2v) is 11.4. The predicted molar refractivity (Wildman–Crippen MR) is 149 cm³/mol. The quantitative estimate of drug-likeness (QED) is 0.0510. The first-order valence-electron chi connectivity index (χ1n) is 11.4. The molecule has 0 unspecified atom stereocenters. The Morgan fingerprint density at radius 3 is 1.24 bits per heavy atom. The SMILES string of the molecule is N=Nc1ccc(O)c(O)c1-c1ccc(C=Cc2ccc(-c3c(N=N)ccc(O)c3O)cc2S(=O)(=O)O)c(S(=O)(=O)O)c1. The Labute approximate surface area is 238 Å². The van der Waals surface area contributed by atoms with Gasteiger partial charge in [-0.3, -0.25) is 9.11 Å². The molecular weight excluding hydrogens is 592 g/mol. The molecule has 0 aliphatic heterocycles. The third-order valence-corrected chi connectivity index (χ3v) is 7.93. The van der Waals surface area contributed by atoms with E-state index in [0.717, 1.165) is 36.4 Å². The Hall–Kier alpha value is -5.16. The fourth-order valence-corrected chi connectivity index (χ4v) is 5.60. The average Bonchev–Trinajstić information content (AvgIpc) is 2.93. The summed E-state index contributed by atoms with van der Waals surface area (Å²) in [5.74, 6) is -2.52. The van der Waals surface area contributed by atoms with Gasteiger partial charge in [-0.25, -0.2) is 11.1 Å². The fourth-order valence-electron chi connectivity index (χ4n) is 4.18. The largest absolute Gasteiger partial charge is 0.504 e. The van der Waals surface area contributed by atoms with Crippen LogP contribution in [0.15, 0.2) is 80.7 Å². The number of rotatable bonds is 8. The third-order valence-electron chi connectivity index (χ3n) is 6.11. The minimum Gasteiger partial charge on any atom is -0.504 e. The molecule has 0 aromatic heterocycles. The van der Waals surface area contributed by atoms with Crippen LogP contribution in [-0.2, 0) is 20.2 Å². The average molecular weight is 613 g/mol. The molecule has 42 heavy (non-hydrogen) atoms. The van der Waals surface area contributed by atoms with Gasteiger partial charge >= 0.3 is 0 Å². The highest BCUT2D eigenvalue weighted by molar-refractivity contribution is 7.86. The molecular formula is C26H20N4O10S2. The Kier molecular flexibility index (Phi) is 7.82. The normalized spacial score (nSPS) is 12.0. The van der Waals surface area contributed by atoms with E-state index in [1.165, 1.54) is 36.4 Å². The van der Waals surface area contributed by atoms with Gasteiger partial charge < -0.3 is 20.4 Å². The molecule has 0 amide bonds. The standard InChI is InChI=1S/C26H20N4O10S2/c27-29-17-7-9-19(31)25(33)23(17)15-5-3-13(21(11-15)41(35,36)37)1-2-14-4-6-16(12-22(14)42(38,39)40)24-18(30-28)8-10-20(32)26(24)34/h1-12,27-28,31-34H,(H,35,36,37)(H,38,39,40). The summed E-state index contributed by atoms with van der Waals surface area (Å²) in [6, 6.07) is 11.4. The Morgan fingerprint density at radius 2 is 0.929 bits per heavy atom. The molecule has 0 bridgehead atoms. The molecule has 4 rings (SSSR count). The lowest BCUT2D eigenvalue weighted by Crippen LogP contribution is -2.02. The third kappa shape index (κ3) is 5.68. The number of phenols is 4.